The molecule has 1 unspecified atom stereocenters. The minimum absolute atomic E-state index is 0.0591. The lowest BCUT2D eigenvalue weighted by atomic mass is 9.83. The fourth-order valence-corrected chi connectivity index (χ4v) is 4.39. The number of halogens is 3. The molecule has 1 saturated heterocycles. The quantitative estimate of drug-likeness (QED) is 0.671. The van der Waals surface area contributed by atoms with Crippen molar-refractivity contribution in [3.05, 3.63) is 41.7 Å². The molecule has 186 valence electrons. The van der Waals surface area contributed by atoms with Gasteiger partial charge in [-0.25, -0.2) is 4.79 Å². The second-order valence-electron chi connectivity index (χ2n) is 8.58. The lowest BCUT2D eigenvalue weighted by Crippen LogP contribution is -2.48. The van der Waals surface area contributed by atoms with Crippen LogP contribution in [0.4, 0.5) is 13.2 Å². The number of hydrogen-bond donors (Lipinski definition) is 2. The Hall–Kier alpha value is -3.02. The van der Waals surface area contributed by atoms with Crippen molar-refractivity contribution in [1.29, 1.82) is 0 Å². The van der Waals surface area contributed by atoms with Gasteiger partial charge in [0, 0.05) is 6.54 Å². The third kappa shape index (κ3) is 6.75. The summed E-state index contributed by atoms with van der Waals surface area (Å²) in [6.45, 7) is 1.31. The van der Waals surface area contributed by atoms with Crippen LogP contribution in [0.25, 0.3) is 0 Å². The number of tetrazole rings is 1. The number of alkyl halides is 3. The lowest BCUT2D eigenvalue weighted by molar-refractivity contribution is -0.192. The number of hydrogen-bond acceptors (Lipinski definition) is 6. The minimum atomic E-state index is -5.08. The second kappa shape index (κ2) is 11.4. The molecule has 4 rings (SSSR count). The van der Waals surface area contributed by atoms with E-state index in [4.69, 9.17) is 15.6 Å². The smallest absolute Gasteiger partial charge is 0.475 e. The van der Waals surface area contributed by atoms with E-state index in [1.54, 1.807) is 4.80 Å². The number of carboxylic acids is 1. The number of carboxylic acid groups (broad SMARTS) is 1. The van der Waals surface area contributed by atoms with E-state index in [0.717, 1.165) is 37.8 Å². The first-order chi connectivity index (χ1) is 16.2. The Kier molecular flexibility index (Phi) is 8.59. The SMILES string of the molecule is NC(C(=O)N1CCC[C@H]1c1nnn(Cc2ccccc2)n1)C1CCCCC1.O=C(O)C(F)(F)F. The highest BCUT2D eigenvalue weighted by Crippen LogP contribution is 2.32. The summed E-state index contributed by atoms with van der Waals surface area (Å²) in [5.74, 6) is -1.75. The number of amides is 1. The maximum absolute atomic E-state index is 13.0. The van der Waals surface area contributed by atoms with E-state index in [-0.39, 0.29) is 11.9 Å². The third-order valence-corrected chi connectivity index (χ3v) is 6.15. The Labute approximate surface area is 195 Å². The summed E-state index contributed by atoms with van der Waals surface area (Å²) in [4.78, 5) is 25.4. The zero-order valence-corrected chi connectivity index (χ0v) is 18.7. The summed E-state index contributed by atoms with van der Waals surface area (Å²) in [5.41, 5.74) is 7.49. The highest BCUT2D eigenvalue weighted by Gasteiger charge is 2.39. The largest absolute Gasteiger partial charge is 0.490 e. The van der Waals surface area contributed by atoms with Crippen LogP contribution in [0.5, 0.6) is 0 Å². The van der Waals surface area contributed by atoms with Gasteiger partial charge in [0.15, 0.2) is 5.82 Å². The number of carbonyl (C=O) groups excluding carboxylic acids is 1. The van der Waals surface area contributed by atoms with E-state index >= 15 is 0 Å². The Morgan fingerprint density at radius 1 is 1.09 bits per heavy atom. The average molecular weight is 483 g/mol. The fourth-order valence-electron chi connectivity index (χ4n) is 4.39. The van der Waals surface area contributed by atoms with Gasteiger partial charge in [0.05, 0.1) is 18.6 Å². The molecule has 2 aromatic rings. The van der Waals surface area contributed by atoms with Gasteiger partial charge in [-0.3, -0.25) is 4.79 Å². The van der Waals surface area contributed by atoms with Gasteiger partial charge in [-0.2, -0.15) is 18.0 Å². The normalized spacial score (nSPS) is 19.9. The molecule has 1 amide bonds. The number of likely N-dealkylation sites (tertiary alicyclic amines) is 1. The number of aliphatic carboxylic acids is 1. The van der Waals surface area contributed by atoms with E-state index in [2.05, 4.69) is 15.4 Å². The van der Waals surface area contributed by atoms with E-state index in [9.17, 15) is 18.0 Å². The Bertz CT molecular complexity index is 947. The zero-order chi connectivity index (χ0) is 24.7. The van der Waals surface area contributed by atoms with Gasteiger partial charge in [-0.1, -0.05) is 49.6 Å². The van der Waals surface area contributed by atoms with Crippen LogP contribution in [0.2, 0.25) is 0 Å². The van der Waals surface area contributed by atoms with Crippen LogP contribution in [-0.2, 0) is 16.1 Å². The maximum Gasteiger partial charge on any atom is 0.490 e. The summed E-state index contributed by atoms with van der Waals surface area (Å²) >= 11 is 0. The van der Waals surface area contributed by atoms with Crippen LogP contribution in [0, 0.1) is 5.92 Å². The molecular weight excluding hydrogens is 453 g/mol. The van der Waals surface area contributed by atoms with Gasteiger partial charge in [-0.15, -0.1) is 10.2 Å². The van der Waals surface area contributed by atoms with E-state index in [1.807, 2.05) is 35.2 Å². The van der Waals surface area contributed by atoms with Crippen molar-refractivity contribution in [1.82, 2.24) is 25.1 Å². The maximum atomic E-state index is 13.0. The van der Waals surface area contributed by atoms with Crippen molar-refractivity contribution in [2.24, 2.45) is 11.7 Å². The van der Waals surface area contributed by atoms with Gasteiger partial charge >= 0.3 is 12.1 Å². The number of nitrogens with two attached hydrogens (primary N) is 1. The number of rotatable bonds is 5. The highest BCUT2D eigenvalue weighted by atomic mass is 19.4. The molecule has 1 aliphatic carbocycles. The number of aromatic nitrogens is 4. The summed E-state index contributed by atoms with van der Waals surface area (Å²) in [6, 6.07) is 9.56. The molecule has 1 aliphatic heterocycles. The topological polar surface area (TPSA) is 127 Å². The van der Waals surface area contributed by atoms with Crippen LogP contribution in [-0.4, -0.2) is 60.9 Å². The van der Waals surface area contributed by atoms with Gasteiger partial charge < -0.3 is 15.7 Å². The van der Waals surface area contributed by atoms with Crippen molar-refractivity contribution >= 4 is 11.9 Å². The molecule has 2 aliphatic rings. The number of nitrogens with zero attached hydrogens (tertiary/aromatic N) is 5. The van der Waals surface area contributed by atoms with Crippen LogP contribution in [0.1, 0.15) is 62.4 Å². The van der Waals surface area contributed by atoms with Gasteiger partial charge in [0.25, 0.3) is 0 Å². The van der Waals surface area contributed by atoms with Gasteiger partial charge in [0.1, 0.15) is 0 Å². The predicted octanol–water partition coefficient (Wildman–Crippen LogP) is 2.93. The minimum Gasteiger partial charge on any atom is -0.475 e. The zero-order valence-electron chi connectivity index (χ0n) is 18.7. The van der Waals surface area contributed by atoms with E-state index < -0.39 is 18.2 Å². The van der Waals surface area contributed by atoms with Crippen molar-refractivity contribution in [3.8, 4) is 0 Å². The molecule has 0 spiro atoms. The van der Waals surface area contributed by atoms with Crippen molar-refractivity contribution in [2.75, 3.05) is 6.54 Å². The third-order valence-electron chi connectivity index (χ3n) is 6.15. The van der Waals surface area contributed by atoms with Crippen LogP contribution < -0.4 is 5.73 Å². The average Bonchev–Trinajstić information content (AvgIpc) is 3.49. The molecule has 9 nitrogen and oxygen atoms in total. The summed E-state index contributed by atoms with van der Waals surface area (Å²) in [5, 5.41) is 20.1. The molecule has 1 aromatic heterocycles. The van der Waals surface area contributed by atoms with E-state index in [0.29, 0.717) is 18.3 Å². The first-order valence-electron chi connectivity index (χ1n) is 11.3. The Morgan fingerprint density at radius 3 is 2.35 bits per heavy atom. The Balaban J connectivity index is 0.000000406. The van der Waals surface area contributed by atoms with E-state index in [1.165, 1.54) is 19.3 Å². The molecule has 12 heteroatoms. The second-order valence-corrected chi connectivity index (χ2v) is 8.58. The van der Waals surface area contributed by atoms with Crippen LogP contribution in [0.3, 0.4) is 0 Å². The number of benzene rings is 1. The molecule has 1 saturated carbocycles. The molecule has 2 fully saturated rings. The van der Waals surface area contributed by atoms with Crippen molar-refractivity contribution in [3.63, 3.8) is 0 Å². The molecule has 2 atom stereocenters. The molecule has 1 aromatic carbocycles. The van der Waals surface area contributed by atoms with Crippen molar-refractivity contribution < 1.29 is 27.9 Å². The van der Waals surface area contributed by atoms with Crippen LogP contribution in [0.15, 0.2) is 30.3 Å². The van der Waals surface area contributed by atoms with Gasteiger partial charge in [-0.05, 0) is 42.4 Å². The standard InChI is InChI=1S/C20H28N6O.C2HF3O2/c21-18(16-10-5-2-6-11-16)20(27)25-13-7-12-17(25)19-22-24-26(23-19)14-15-8-3-1-4-9-15;3-2(4,5)1(6)7/h1,3-4,8-9,16-18H,2,5-7,10-14,21H2;(H,6,7)/t17-,18?;/m0./s1. The first kappa shape index (κ1) is 25.6. The van der Waals surface area contributed by atoms with Crippen LogP contribution >= 0.6 is 0 Å². The molecule has 34 heavy (non-hydrogen) atoms. The fraction of sp³-hybridized carbons (Fsp3) is 0.591. The Morgan fingerprint density at radius 2 is 1.74 bits per heavy atom. The molecule has 0 bridgehead atoms. The first-order valence-corrected chi connectivity index (χ1v) is 11.3. The molecule has 3 N–H and O–H groups in total. The summed E-state index contributed by atoms with van der Waals surface area (Å²) in [6.07, 6.45) is 2.52. The molecule has 2 heterocycles. The number of carbonyl (C=O) groups is 2. The summed E-state index contributed by atoms with van der Waals surface area (Å²) in [7, 11) is 0. The molecular formula is C22H29F3N6O3. The van der Waals surface area contributed by atoms with Crippen molar-refractivity contribution in [2.45, 2.75) is 69.8 Å². The highest BCUT2D eigenvalue weighted by molar-refractivity contribution is 5.82. The van der Waals surface area contributed by atoms with Gasteiger partial charge in [0.2, 0.25) is 5.91 Å². The molecule has 0 radical (unpaired) electrons. The monoisotopic (exact) mass is 482 g/mol. The predicted molar refractivity (Wildman–Crippen MR) is 115 cm³/mol. The lowest BCUT2D eigenvalue weighted by Gasteiger charge is -2.31. The summed E-state index contributed by atoms with van der Waals surface area (Å²) < 4.78 is 31.7.